The van der Waals surface area contributed by atoms with Gasteiger partial charge in [0.2, 0.25) is 0 Å². The summed E-state index contributed by atoms with van der Waals surface area (Å²) in [6.07, 6.45) is -0.984. The lowest BCUT2D eigenvalue weighted by molar-refractivity contribution is -0.00309. The highest BCUT2D eigenvalue weighted by Crippen LogP contribution is 2.18. The van der Waals surface area contributed by atoms with Crippen LogP contribution in [0, 0.1) is 12.7 Å². The van der Waals surface area contributed by atoms with E-state index in [-0.39, 0.29) is 5.75 Å². The number of halogens is 1. The lowest BCUT2D eigenvalue weighted by atomic mass is 10.2. The maximum atomic E-state index is 13.0. The van der Waals surface area contributed by atoms with E-state index in [4.69, 9.17) is 9.84 Å². The van der Waals surface area contributed by atoms with E-state index in [9.17, 15) is 4.39 Å². The van der Waals surface area contributed by atoms with E-state index in [1.165, 1.54) is 19.1 Å². The van der Waals surface area contributed by atoms with Crippen LogP contribution in [0.5, 0.6) is 5.75 Å². The van der Waals surface area contributed by atoms with Crippen molar-refractivity contribution in [2.45, 2.75) is 20.1 Å². The van der Waals surface area contributed by atoms with E-state index < -0.39 is 12.1 Å². The minimum absolute atomic E-state index is 0.0793. The second-order valence-corrected chi connectivity index (χ2v) is 2.65. The van der Waals surface area contributed by atoms with Gasteiger partial charge in [-0.05, 0) is 31.5 Å². The molecule has 12 heavy (non-hydrogen) atoms. The van der Waals surface area contributed by atoms with Crippen LogP contribution in [0.3, 0.4) is 0 Å². The summed E-state index contributed by atoms with van der Waals surface area (Å²) < 4.78 is 17.8. The number of aliphatic hydroxyl groups is 1. The molecule has 0 bridgehead atoms. The number of hydrogen-bond acceptors (Lipinski definition) is 2. The predicted octanol–water partition coefficient (Wildman–Crippen LogP) is 1.85. The van der Waals surface area contributed by atoms with Crippen LogP contribution >= 0.6 is 0 Å². The summed E-state index contributed by atoms with van der Waals surface area (Å²) >= 11 is 0. The average molecular weight is 170 g/mol. The molecule has 0 spiro atoms. The van der Waals surface area contributed by atoms with Gasteiger partial charge >= 0.3 is 0 Å². The minimum atomic E-state index is -0.984. The molecular weight excluding hydrogens is 159 g/mol. The van der Waals surface area contributed by atoms with E-state index in [0.29, 0.717) is 0 Å². The molecule has 1 N–H and O–H groups in total. The zero-order valence-corrected chi connectivity index (χ0v) is 7.04. The first kappa shape index (κ1) is 9.00. The summed E-state index contributed by atoms with van der Waals surface area (Å²) in [5, 5.41) is 8.81. The van der Waals surface area contributed by atoms with Crippen LogP contribution in [0.1, 0.15) is 12.5 Å². The Labute approximate surface area is 70.6 Å². The van der Waals surface area contributed by atoms with Crippen LogP contribution < -0.4 is 4.74 Å². The van der Waals surface area contributed by atoms with Crippen LogP contribution in [0.2, 0.25) is 0 Å². The third kappa shape index (κ3) is 2.20. The molecule has 0 saturated carbocycles. The standard InChI is InChI=1S/C9H11FO2/c1-6-3-4-9(8(10)5-6)12-7(2)11/h3-5,7,11H,1-2H3. The number of benzene rings is 1. The lowest BCUT2D eigenvalue weighted by Gasteiger charge is -2.09. The Morgan fingerprint density at radius 3 is 2.67 bits per heavy atom. The predicted molar refractivity (Wildman–Crippen MR) is 43.4 cm³/mol. The second kappa shape index (κ2) is 3.54. The van der Waals surface area contributed by atoms with Gasteiger partial charge in [-0.1, -0.05) is 6.07 Å². The maximum Gasteiger partial charge on any atom is 0.194 e. The molecule has 0 aliphatic heterocycles. The number of aryl methyl sites for hydroxylation is 1. The average Bonchev–Trinajstić information content (AvgIpc) is 1.94. The smallest absolute Gasteiger partial charge is 0.194 e. The number of ether oxygens (including phenoxy) is 1. The zero-order chi connectivity index (χ0) is 9.14. The van der Waals surface area contributed by atoms with Gasteiger partial charge in [0.25, 0.3) is 0 Å². The van der Waals surface area contributed by atoms with E-state index in [1.807, 2.05) is 0 Å². The molecule has 0 radical (unpaired) electrons. The fourth-order valence-corrected chi connectivity index (χ4v) is 0.885. The van der Waals surface area contributed by atoms with Crippen LogP contribution in [0.25, 0.3) is 0 Å². The topological polar surface area (TPSA) is 29.5 Å². The van der Waals surface area contributed by atoms with Gasteiger partial charge in [-0.25, -0.2) is 4.39 Å². The van der Waals surface area contributed by atoms with Crippen LogP contribution in [-0.2, 0) is 0 Å². The van der Waals surface area contributed by atoms with Gasteiger partial charge in [-0.15, -0.1) is 0 Å². The van der Waals surface area contributed by atoms with Crippen molar-refractivity contribution in [2.75, 3.05) is 0 Å². The molecule has 66 valence electrons. The number of hydrogen-bond donors (Lipinski definition) is 1. The molecule has 1 atom stereocenters. The van der Waals surface area contributed by atoms with E-state index >= 15 is 0 Å². The Hall–Kier alpha value is -1.09. The van der Waals surface area contributed by atoms with Crippen molar-refractivity contribution < 1.29 is 14.2 Å². The van der Waals surface area contributed by atoms with Crippen molar-refractivity contribution in [3.05, 3.63) is 29.6 Å². The molecule has 0 aliphatic carbocycles. The van der Waals surface area contributed by atoms with Crippen molar-refractivity contribution in [3.8, 4) is 5.75 Å². The number of aliphatic hydroxyl groups excluding tert-OH is 1. The Kier molecular flexibility index (Phi) is 2.65. The Balaban J connectivity index is 2.86. The SMILES string of the molecule is Cc1ccc(OC(C)O)c(F)c1. The van der Waals surface area contributed by atoms with Crippen molar-refractivity contribution in [1.82, 2.24) is 0 Å². The summed E-state index contributed by atoms with van der Waals surface area (Å²) in [7, 11) is 0. The van der Waals surface area contributed by atoms with Crippen LogP contribution in [-0.4, -0.2) is 11.4 Å². The first-order valence-corrected chi connectivity index (χ1v) is 3.70. The monoisotopic (exact) mass is 170 g/mol. The lowest BCUT2D eigenvalue weighted by Crippen LogP contribution is -2.10. The molecule has 3 heteroatoms. The molecule has 0 aromatic heterocycles. The molecule has 0 aliphatic rings. The molecule has 2 nitrogen and oxygen atoms in total. The third-order valence-corrected chi connectivity index (χ3v) is 1.38. The van der Waals surface area contributed by atoms with Gasteiger partial charge in [-0.3, -0.25) is 0 Å². The van der Waals surface area contributed by atoms with E-state index in [1.54, 1.807) is 13.0 Å². The van der Waals surface area contributed by atoms with Gasteiger partial charge in [0.15, 0.2) is 17.9 Å². The highest BCUT2D eigenvalue weighted by molar-refractivity contribution is 5.28. The Morgan fingerprint density at radius 1 is 1.50 bits per heavy atom. The van der Waals surface area contributed by atoms with Gasteiger partial charge in [0.05, 0.1) is 0 Å². The third-order valence-electron chi connectivity index (χ3n) is 1.38. The second-order valence-electron chi connectivity index (χ2n) is 2.65. The van der Waals surface area contributed by atoms with E-state index in [2.05, 4.69) is 0 Å². The molecular formula is C9H11FO2. The quantitative estimate of drug-likeness (QED) is 0.686. The maximum absolute atomic E-state index is 13.0. The normalized spacial score (nSPS) is 12.7. The van der Waals surface area contributed by atoms with Crippen molar-refractivity contribution in [3.63, 3.8) is 0 Å². The summed E-state index contributed by atoms with van der Waals surface area (Å²) in [5.41, 5.74) is 0.824. The van der Waals surface area contributed by atoms with Gasteiger partial charge in [0.1, 0.15) is 0 Å². The van der Waals surface area contributed by atoms with Crippen molar-refractivity contribution in [1.29, 1.82) is 0 Å². The molecule has 1 aromatic rings. The summed E-state index contributed by atoms with van der Waals surface area (Å²) in [6, 6.07) is 4.58. The molecule has 0 fully saturated rings. The van der Waals surface area contributed by atoms with Crippen LogP contribution in [0.15, 0.2) is 18.2 Å². The highest BCUT2D eigenvalue weighted by atomic mass is 19.1. The van der Waals surface area contributed by atoms with Crippen LogP contribution in [0.4, 0.5) is 4.39 Å². The highest BCUT2D eigenvalue weighted by Gasteiger charge is 2.04. The molecule has 1 aromatic carbocycles. The fourth-order valence-electron chi connectivity index (χ4n) is 0.885. The molecule has 0 amide bonds. The Morgan fingerprint density at radius 2 is 2.17 bits per heavy atom. The summed E-state index contributed by atoms with van der Waals surface area (Å²) in [5.74, 6) is -0.369. The first-order valence-electron chi connectivity index (χ1n) is 3.70. The summed E-state index contributed by atoms with van der Waals surface area (Å²) in [6.45, 7) is 3.22. The molecule has 0 heterocycles. The van der Waals surface area contributed by atoms with Crippen molar-refractivity contribution in [2.24, 2.45) is 0 Å². The van der Waals surface area contributed by atoms with Gasteiger partial charge in [0, 0.05) is 0 Å². The fraction of sp³-hybridized carbons (Fsp3) is 0.333. The molecule has 1 rings (SSSR count). The van der Waals surface area contributed by atoms with Crippen molar-refractivity contribution >= 4 is 0 Å². The minimum Gasteiger partial charge on any atom is -0.462 e. The Bertz CT molecular complexity index is 271. The largest absolute Gasteiger partial charge is 0.462 e. The first-order chi connectivity index (χ1) is 5.59. The molecule has 0 saturated heterocycles. The number of rotatable bonds is 2. The van der Waals surface area contributed by atoms with Gasteiger partial charge < -0.3 is 9.84 Å². The zero-order valence-electron chi connectivity index (χ0n) is 7.04. The van der Waals surface area contributed by atoms with Gasteiger partial charge in [-0.2, -0.15) is 0 Å². The molecule has 1 unspecified atom stereocenters. The van der Waals surface area contributed by atoms with E-state index in [0.717, 1.165) is 5.56 Å². The summed E-state index contributed by atoms with van der Waals surface area (Å²) in [4.78, 5) is 0.